The Labute approximate surface area is 246 Å². The molecular weight excluding hydrogens is 543 g/mol. The van der Waals surface area contributed by atoms with Crippen molar-refractivity contribution >= 4 is 41.3 Å². The van der Waals surface area contributed by atoms with Gasteiger partial charge in [0.1, 0.15) is 11.7 Å². The summed E-state index contributed by atoms with van der Waals surface area (Å²) in [6, 6.07) is 5.85. The third-order valence-corrected chi connectivity index (χ3v) is 7.58. The van der Waals surface area contributed by atoms with Crippen LogP contribution in [0, 0.1) is 11.7 Å². The maximum atomic E-state index is 15.1. The van der Waals surface area contributed by atoms with Crippen LogP contribution in [0.5, 0.6) is 0 Å². The Balaban J connectivity index is 2.32. The number of aliphatic imine (C=N–C) groups is 1. The predicted molar refractivity (Wildman–Crippen MR) is 165 cm³/mol. The van der Waals surface area contributed by atoms with Gasteiger partial charge in [-0.15, -0.1) is 0 Å². The van der Waals surface area contributed by atoms with E-state index >= 15 is 4.39 Å². The zero-order valence-electron chi connectivity index (χ0n) is 24.5. The third-order valence-electron chi connectivity index (χ3n) is 7.29. The number of benzene rings is 1. The second kappa shape index (κ2) is 13.1. The highest BCUT2D eigenvalue weighted by Crippen LogP contribution is 2.38. The Bertz CT molecular complexity index is 1410. The Morgan fingerprint density at radius 2 is 2.00 bits per heavy atom. The fraction of sp³-hybridized carbons (Fsp3) is 0.355. The summed E-state index contributed by atoms with van der Waals surface area (Å²) < 4.78 is 15.1. The van der Waals surface area contributed by atoms with Gasteiger partial charge < -0.3 is 15.5 Å². The number of carbonyl (C=O) groups is 2. The van der Waals surface area contributed by atoms with Crippen LogP contribution in [-0.4, -0.2) is 65.7 Å². The van der Waals surface area contributed by atoms with Gasteiger partial charge in [-0.05, 0) is 62.1 Å². The van der Waals surface area contributed by atoms with Crippen molar-refractivity contribution in [2.75, 3.05) is 37.3 Å². The Hall–Kier alpha value is -3.98. The molecular formula is C31H38ClFN6O2. The van der Waals surface area contributed by atoms with E-state index in [1.165, 1.54) is 23.1 Å². The molecule has 1 aliphatic rings. The van der Waals surface area contributed by atoms with Gasteiger partial charge in [0, 0.05) is 38.4 Å². The summed E-state index contributed by atoms with van der Waals surface area (Å²) in [4.78, 5) is 39.8. The number of halogens is 2. The highest BCUT2D eigenvalue weighted by molar-refractivity contribution is 6.34. The molecule has 41 heavy (non-hydrogen) atoms. The normalized spacial score (nSPS) is 16.4. The molecule has 0 spiro atoms. The second-order valence-corrected chi connectivity index (χ2v) is 10.8. The van der Waals surface area contributed by atoms with E-state index in [0.717, 1.165) is 5.57 Å². The van der Waals surface area contributed by atoms with Crippen molar-refractivity contribution in [2.45, 2.75) is 40.7 Å². The molecule has 1 aromatic carbocycles. The van der Waals surface area contributed by atoms with Crippen LogP contribution in [0.15, 0.2) is 65.3 Å². The van der Waals surface area contributed by atoms with Gasteiger partial charge in [-0.2, -0.15) is 0 Å². The molecule has 0 aliphatic carbocycles. The first kappa shape index (κ1) is 31.5. The van der Waals surface area contributed by atoms with Crippen molar-refractivity contribution in [3.05, 3.63) is 76.7 Å². The number of pyridine rings is 1. The summed E-state index contributed by atoms with van der Waals surface area (Å²) in [5.74, 6) is 0.0909. The number of allylic oxidation sites excluding steroid dienone is 2. The highest BCUT2D eigenvalue weighted by Gasteiger charge is 2.32. The molecule has 1 atom stereocenters. The number of aromatic nitrogens is 1. The summed E-state index contributed by atoms with van der Waals surface area (Å²) >= 11 is 6.78. The molecule has 0 bridgehead atoms. The van der Waals surface area contributed by atoms with E-state index in [4.69, 9.17) is 22.3 Å². The molecule has 218 valence electrons. The molecule has 0 saturated carbocycles. The van der Waals surface area contributed by atoms with Crippen molar-refractivity contribution < 1.29 is 14.0 Å². The molecule has 0 radical (unpaired) electrons. The average molecular weight is 581 g/mol. The van der Waals surface area contributed by atoms with Gasteiger partial charge in [-0.3, -0.25) is 19.5 Å². The molecule has 0 unspecified atom stereocenters. The minimum Gasteiger partial charge on any atom is -0.398 e. The largest absolute Gasteiger partial charge is 0.398 e. The monoisotopic (exact) mass is 580 g/mol. The molecule has 10 heteroatoms. The van der Waals surface area contributed by atoms with Gasteiger partial charge in [0.2, 0.25) is 12.3 Å². The lowest BCUT2D eigenvalue weighted by molar-refractivity contribution is -0.129. The molecule has 2 aromatic rings. The van der Waals surface area contributed by atoms with Crippen molar-refractivity contribution in [1.29, 1.82) is 0 Å². The number of nitrogen functional groups attached to an aromatic ring is 1. The first-order valence-electron chi connectivity index (χ1n) is 13.4. The van der Waals surface area contributed by atoms with Gasteiger partial charge in [-0.1, -0.05) is 44.7 Å². The summed E-state index contributed by atoms with van der Waals surface area (Å²) in [6.45, 7) is 18.9. The molecule has 1 saturated heterocycles. The van der Waals surface area contributed by atoms with E-state index in [-0.39, 0.29) is 45.7 Å². The van der Waals surface area contributed by atoms with E-state index in [1.54, 1.807) is 24.1 Å². The van der Waals surface area contributed by atoms with Crippen LogP contribution < -0.4 is 10.6 Å². The molecule has 2 N–H and O–H groups in total. The third kappa shape index (κ3) is 6.35. The lowest BCUT2D eigenvalue weighted by Crippen LogP contribution is -2.55. The van der Waals surface area contributed by atoms with Crippen LogP contribution in [-0.2, 0) is 9.59 Å². The Morgan fingerprint density at radius 1 is 1.32 bits per heavy atom. The maximum absolute atomic E-state index is 15.1. The van der Waals surface area contributed by atoms with Gasteiger partial charge in [0.15, 0.2) is 5.82 Å². The predicted octanol–water partition coefficient (Wildman–Crippen LogP) is 5.69. The summed E-state index contributed by atoms with van der Waals surface area (Å²) in [7, 11) is 1.64. The first-order chi connectivity index (χ1) is 19.4. The quantitative estimate of drug-likeness (QED) is 0.108. The van der Waals surface area contributed by atoms with E-state index in [1.807, 2.05) is 39.5 Å². The fourth-order valence-electron chi connectivity index (χ4n) is 5.03. The van der Waals surface area contributed by atoms with Crippen molar-refractivity contribution in [1.82, 2.24) is 14.8 Å². The number of piperazine rings is 1. The molecule has 1 aromatic heterocycles. The lowest BCUT2D eigenvalue weighted by atomic mass is 9.98. The zero-order valence-corrected chi connectivity index (χ0v) is 25.3. The summed E-state index contributed by atoms with van der Waals surface area (Å²) in [6.07, 6.45) is 1.97. The van der Waals surface area contributed by atoms with Crippen LogP contribution in [0.2, 0.25) is 5.02 Å². The average Bonchev–Trinajstić information content (AvgIpc) is 2.92. The number of amidine groups is 1. The summed E-state index contributed by atoms with van der Waals surface area (Å²) in [5.41, 5.74) is 9.08. The zero-order chi connectivity index (χ0) is 30.6. The lowest BCUT2D eigenvalue weighted by Gasteiger charge is -2.41. The van der Waals surface area contributed by atoms with Crippen LogP contribution in [0.25, 0.3) is 11.3 Å². The van der Waals surface area contributed by atoms with Crippen molar-refractivity contribution in [3.8, 4) is 11.3 Å². The molecule has 2 heterocycles. The number of hydrogen-bond acceptors (Lipinski definition) is 5. The van der Waals surface area contributed by atoms with E-state index < -0.39 is 5.82 Å². The van der Waals surface area contributed by atoms with Gasteiger partial charge in [0.05, 0.1) is 27.5 Å². The van der Waals surface area contributed by atoms with Crippen LogP contribution in [0.4, 0.5) is 15.9 Å². The highest BCUT2D eigenvalue weighted by atomic mass is 35.5. The van der Waals surface area contributed by atoms with Crippen LogP contribution >= 0.6 is 11.6 Å². The topological polar surface area (TPSA) is 95.1 Å². The SMILES string of the molecule is C=CC(=O)N1CCN(C(=NC)c2cc(Cl)c(-c3c(N)cccc3F)nc2N(C=O)/C(C(=C)C)=C(/C)C(C)C)C[C@@H]1C. The summed E-state index contributed by atoms with van der Waals surface area (Å²) in [5, 5.41) is 0.141. The first-order valence-corrected chi connectivity index (χ1v) is 13.8. The van der Waals surface area contributed by atoms with Crippen LogP contribution in [0.1, 0.15) is 40.2 Å². The number of nitrogens with two attached hydrogens (primary N) is 1. The van der Waals surface area contributed by atoms with Crippen LogP contribution in [0.3, 0.4) is 0 Å². The van der Waals surface area contributed by atoms with Gasteiger partial charge >= 0.3 is 0 Å². The second-order valence-electron chi connectivity index (χ2n) is 10.4. The Morgan fingerprint density at radius 3 is 2.51 bits per heavy atom. The number of amides is 2. The standard InChI is InChI=1S/C31H38ClFN6O2/c1-9-26(41)38-14-13-37(16-20(38)6)30(35-8)22-15-23(32)28(27-24(33)11-10-12-25(27)34)36-31(22)39(17-40)29(19(4)5)21(7)18(2)3/h9-12,15,17-18,20H,1,4,13-14,16,34H2,2-3,5-8H3/b29-21-,35-30?/t20-/m0/s1. The van der Waals surface area contributed by atoms with Crippen molar-refractivity contribution in [2.24, 2.45) is 10.9 Å². The molecule has 3 rings (SSSR count). The minimum absolute atomic E-state index is 0.0396. The minimum atomic E-state index is -0.592. The number of nitrogens with zero attached hydrogens (tertiary/aromatic N) is 5. The molecule has 2 amide bonds. The van der Waals surface area contributed by atoms with Gasteiger partial charge in [-0.25, -0.2) is 9.37 Å². The number of rotatable bonds is 8. The molecule has 8 nitrogen and oxygen atoms in total. The fourth-order valence-corrected chi connectivity index (χ4v) is 5.28. The van der Waals surface area contributed by atoms with Crippen molar-refractivity contribution in [3.63, 3.8) is 0 Å². The smallest absolute Gasteiger partial charge is 0.246 e. The Kier molecular flexibility index (Phi) is 10.1. The number of hydrogen-bond donors (Lipinski definition) is 1. The van der Waals surface area contributed by atoms with E-state index in [2.05, 4.69) is 18.2 Å². The van der Waals surface area contributed by atoms with Gasteiger partial charge in [0.25, 0.3) is 0 Å². The molecule has 1 aliphatic heterocycles. The number of anilines is 2. The number of carbonyl (C=O) groups excluding carboxylic acids is 2. The van der Waals surface area contributed by atoms with E-state index in [0.29, 0.717) is 48.7 Å². The molecule has 1 fully saturated rings. The maximum Gasteiger partial charge on any atom is 0.246 e. The van der Waals surface area contributed by atoms with E-state index in [9.17, 15) is 9.59 Å².